The average Bonchev–Trinajstić information content (AvgIpc) is 3.02. The number of carbonyl (C=O) groups is 1. The van der Waals surface area contributed by atoms with Gasteiger partial charge in [-0.1, -0.05) is 30.3 Å². The Bertz CT molecular complexity index is 574. The molecule has 110 valence electrons. The second-order valence-electron chi connectivity index (χ2n) is 5.67. The highest BCUT2D eigenvalue weighted by Crippen LogP contribution is 2.26. The van der Waals surface area contributed by atoms with Gasteiger partial charge in [0, 0.05) is 24.4 Å². The van der Waals surface area contributed by atoms with E-state index in [1.165, 1.54) is 18.4 Å². The number of allylic oxidation sites excluding steroid dienone is 1. The molecular weight excluding hydrogens is 328 g/mol. The second-order valence-corrected chi connectivity index (χ2v) is 6.52. The van der Waals surface area contributed by atoms with Gasteiger partial charge in [0.15, 0.2) is 5.78 Å². The second kappa shape index (κ2) is 6.67. The molecule has 0 amide bonds. The van der Waals surface area contributed by atoms with Gasteiger partial charge >= 0.3 is 0 Å². The Morgan fingerprint density at radius 3 is 2.57 bits per heavy atom. The molecule has 21 heavy (non-hydrogen) atoms. The minimum Gasteiger partial charge on any atom is -0.302 e. The van der Waals surface area contributed by atoms with Gasteiger partial charge in [-0.2, -0.15) is 0 Å². The maximum absolute atomic E-state index is 12.0. The normalized spacial score (nSPS) is 21.1. The van der Waals surface area contributed by atoms with Gasteiger partial charge < -0.3 is 4.90 Å². The zero-order valence-corrected chi connectivity index (χ0v) is 13.6. The van der Waals surface area contributed by atoms with E-state index in [0.717, 1.165) is 25.3 Å². The van der Waals surface area contributed by atoms with Crippen LogP contribution in [-0.2, 0) is 4.79 Å². The zero-order chi connectivity index (χ0) is 14.7. The fourth-order valence-electron chi connectivity index (χ4n) is 3.03. The summed E-state index contributed by atoms with van der Waals surface area (Å²) in [5.41, 5.74) is 2.24. The molecule has 0 spiro atoms. The molecule has 0 radical (unpaired) electrons. The van der Waals surface area contributed by atoms with Crippen molar-refractivity contribution in [2.24, 2.45) is 4.99 Å². The molecule has 0 aliphatic carbocycles. The van der Waals surface area contributed by atoms with Crippen molar-refractivity contribution >= 4 is 27.4 Å². The van der Waals surface area contributed by atoms with Gasteiger partial charge in [0.2, 0.25) is 0 Å². The lowest BCUT2D eigenvalue weighted by molar-refractivity contribution is -0.113. The summed E-state index contributed by atoms with van der Waals surface area (Å²) in [4.78, 5) is 19.0. The summed E-state index contributed by atoms with van der Waals surface area (Å²) < 4.78 is 0.583. The standard InChI is InChI=1S/C17H19BrN2O/c18-15-11-19-16(10-17(15)21)14(12-20-8-4-5-9-20)13-6-2-1-3-7-13/h1-3,6-7,11,14H,4-5,8-10,12H2. The van der Waals surface area contributed by atoms with Crippen LogP contribution in [0.2, 0.25) is 0 Å². The minimum atomic E-state index is 0.127. The predicted molar refractivity (Wildman–Crippen MR) is 88.9 cm³/mol. The van der Waals surface area contributed by atoms with Crippen molar-refractivity contribution < 1.29 is 4.79 Å². The SMILES string of the molecule is O=C1CC(C(CN2CCCC2)c2ccccc2)=NC=C1Br. The summed E-state index contributed by atoms with van der Waals surface area (Å²) in [6.07, 6.45) is 4.63. The van der Waals surface area contributed by atoms with Gasteiger partial charge in [-0.15, -0.1) is 0 Å². The molecule has 1 aromatic rings. The molecule has 4 heteroatoms. The fraction of sp³-hybridized carbons (Fsp3) is 0.412. The number of Topliss-reactive ketones (excluding diaryl/α,β-unsaturated/α-hetero) is 1. The summed E-state index contributed by atoms with van der Waals surface area (Å²) in [5.74, 6) is 0.340. The van der Waals surface area contributed by atoms with Gasteiger partial charge in [-0.05, 0) is 47.4 Å². The van der Waals surface area contributed by atoms with Crippen molar-refractivity contribution in [3.05, 3.63) is 46.6 Å². The number of ketones is 1. The van der Waals surface area contributed by atoms with Crippen molar-refractivity contribution in [3.8, 4) is 0 Å². The average molecular weight is 347 g/mol. The minimum absolute atomic E-state index is 0.127. The summed E-state index contributed by atoms with van der Waals surface area (Å²) in [6.45, 7) is 3.27. The first kappa shape index (κ1) is 14.7. The molecule has 3 nitrogen and oxygen atoms in total. The van der Waals surface area contributed by atoms with Crippen LogP contribution in [0.15, 0.2) is 46.0 Å². The van der Waals surface area contributed by atoms with Crippen LogP contribution >= 0.6 is 15.9 Å². The molecular formula is C17H19BrN2O. The number of benzene rings is 1. The summed E-state index contributed by atoms with van der Waals surface area (Å²) in [6, 6.07) is 10.4. The van der Waals surface area contributed by atoms with E-state index in [0.29, 0.717) is 10.9 Å². The molecule has 0 N–H and O–H groups in total. The molecule has 2 aliphatic rings. The van der Waals surface area contributed by atoms with Crippen LogP contribution in [0.5, 0.6) is 0 Å². The quantitative estimate of drug-likeness (QED) is 0.835. The summed E-state index contributed by atoms with van der Waals surface area (Å²) in [5, 5.41) is 0. The number of hydrogen-bond acceptors (Lipinski definition) is 3. The number of hydrogen-bond donors (Lipinski definition) is 0. The monoisotopic (exact) mass is 346 g/mol. The van der Waals surface area contributed by atoms with Crippen molar-refractivity contribution in [2.75, 3.05) is 19.6 Å². The third-order valence-corrected chi connectivity index (χ3v) is 4.84. The van der Waals surface area contributed by atoms with E-state index in [-0.39, 0.29) is 11.7 Å². The molecule has 1 unspecified atom stereocenters. The first-order valence-corrected chi connectivity index (χ1v) is 8.26. The van der Waals surface area contributed by atoms with E-state index in [9.17, 15) is 4.79 Å². The van der Waals surface area contributed by atoms with Crippen LogP contribution in [0.25, 0.3) is 0 Å². The lowest BCUT2D eigenvalue weighted by Gasteiger charge is -2.26. The summed E-state index contributed by atoms with van der Waals surface area (Å²) >= 11 is 3.27. The van der Waals surface area contributed by atoms with Crippen LogP contribution in [-0.4, -0.2) is 36.0 Å². The third-order valence-electron chi connectivity index (χ3n) is 4.20. The first-order chi connectivity index (χ1) is 10.2. The van der Waals surface area contributed by atoms with E-state index < -0.39 is 0 Å². The highest BCUT2D eigenvalue weighted by molar-refractivity contribution is 9.12. The molecule has 0 bridgehead atoms. The van der Waals surface area contributed by atoms with Gasteiger partial charge in [0.05, 0.1) is 10.9 Å². The fourth-order valence-corrected chi connectivity index (χ4v) is 3.27. The summed E-state index contributed by atoms with van der Waals surface area (Å²) in [7, 11) is 0. The van der Waals surface area contributed by atoms with Crippen LogP contribution in [0.3, 0.4) is 0 Å². The lowest BCUT2D eigenvalue weighted by atomic mass is 9.89. The third kappa shape index (κ3) is 3.50. The molecule has 1 aromatic carbocycles. The Balaban J connectivity index is 1.87. The Kier molecular flexibility index (Phi) is 4.66. The van der Waals surface area contributed by atoms with E-state index in [2.05, 4.69) is 50.1 Å². The number of rotatable bonds is 4. The highest BCUT2D eigenvalue weighted by Gasteiger charge is 2.26. The Hall–Kier alpha value is -1.26. The van der Waals surface area contributed by atoms with Gasteiger partial charge in [-0.3, -0.25) is 9.79 Å². The van der Waals surface area contributed by atoms with E-state index >= 15 is 0 Å². The first-order valence-electron chi connectivity index (χ1n) is 7.47. The van der Waals surface area contributed by atoms with Crippen molar-refractivity contribution in [1.82, 2.24) is 4.90 Å². The van der Waals surface area contributed by atoms with Gasteiger partial charge in [0.25, 0.3) is 0 Å². The van der Waals surface area contributed by atoms with Crippen molar-refractivity contribution in [2.45, 2.75) is 25.2 Å². The Morgan fingerprint density at radius 1 is 1.19 bits per heavy atom. The van der Waals surface area contributed by atoms with E-state index in [1.54, 1.807) is 6.20 Å². The van der Waals surface area contributed by atoms with Crippen LogP contribution in [0, 0.1) is 0 Å². The van der Waals surface area contributed by atoms with Crippen LogP contribution in [0.1, 0.15) is 30.7 Å². The smallest absolute Gasteiger partial charge is 0.176 e. The number of carbonyl (C=O) groups excluding carboxylic acids is 1. The number of likely N-dealkylation sites (tertiary alicyclic amines) is 1. The van der Waals surface area contributed by atoms with Gasteiger partial charge in [-0.25, -0.2) is 0 Å². The molecule has 2 heterocycles. The number of halogens is 1. The number of nitrogens with zero attached hydrogens (tertiary/aromatic N) is 2. The molecule has 2 aliphatic heterocycles. The highest BCUT2D eigenvalue weighted by atomic mass is 79.9. The molecule has 0 aromatic heterocycles. The van der Waals surface area contributed by atoms with E-state index in [4.69, 9.17) is 0 Å². The maximum atomic E-state index is 12.0. The lowest BCUT2D eigenvalue weighted by Crippen LogP contribution is -2.31. The molecule has 1 fully saturated rings. The van der Waals surface area contributed by atoms with Crippen molar-refractivity contribution in [3.63, 3.8) is 0 Å². The molecule has 1 saturated heterocycles. The van der Waals surface area contributed by atoms with Crippen molar-refractivity contribution in [1.29, 1.82) is 0 Å². The predicted octanol–water partition coefficient (Wildman–Crippen LogP) is 3.52. The van der Waals surface area contributed by atoms with Gasteiger partial charge in [0.1, 0.15) is 0 Å². The largest absolute Gasteiger partial charge is 0.302 e. The van der Waals surface area contributed by atoms with Crippen LogP contribution in [0.4, 0.5) is 0 Å². The number of aliphatic imine (C=N–C) groups is 1. The Morgan fingerprint density at radius 2 is 1.90 bits per heavy atom. The zero-order valence-electron chi connectivity index (χ0n) is 12.0. The van der Waals surface area contributed by atoms with E-state index in [1.807, 2.05) is 6.07 Å². The molecule has 0 saturated carbocycles. The maximum Gasteiger partial charge on any atom is 0.176 e. The van der Waals surface area contributed by atoms with Crippen LogP contribution < -0.4 is 0 Å². The molecule has 3 rings (SSSR count). The molecule has 1 atom stereocenters. The topological polar surface area (TPSA) is 32.7 Å². The Labute approximate surface area is 133 Å².